The van der Waals surface area contributed by atoms with E-state index in [-0.39, 0.29) is 0 Å². The van der Waals surface area contributed by atoms with E-state index >= 15 is 0 Å². The summed E-state index contributed by atoms with van der Waals surface area (Å²) in [6.07, 6.45) is 0.850. The van der Waals surface area contributed by atoms with E-state index in [0.717, 1.165) is 18.5 Å². The van der Waals surface area contributed by atoms with E-state index in [1.165, 1.54) is 0 Å². The molecule has 0 aromatic heterocycles. The van der Waals surface area contributed by atoms with Crippen molar-refractivity contribution in [1.82, 2.24) is 9.62 Å². The number of nitrogens with zero attached hydrogens (tertiary/aromatic N) is 1. The first-order valence-corrected chi connectivity index (χ1v) is 8.22. The van der Waals surface area contributed by atoms with Gasteiger partial charge in [0.25, 0.3) is 0 Å². The first-order valence-electron chi connectivity index (χ1n) is 5.99. The summed E-state index contributed by atoms with van der Waals surface area (Å²) >= 11 is 3.35. The Bertz CT molecular complexity index is 523. The van der Waals surface area contributed by atoms with Crippen molar-refractivity contribution in [1.29, 1.82) is 0 Å². The molecule has 1 aliphatic heterocycles. The molecule has 1 fully saturated rings. The monoisotopic (exact) mass is 332 g/mol. The number of hydrogen-bond acceptors (Lipinski definition) is 3. The van der Waals surface area contributed by atoms with Crippen molar-refractivity contribution in [2.24, 2.45) is 0 Å². The van der Waals surface area contributed by atoms with Gasteiger partial charge in [-0.1, -0.05) is 6.07 Å². The molecule has 18 heavy (non-hydrogen) atoms. The lowest BCUT2D eigenvalue weighted by Gasteiger charge is -2.20. The van der Waals surface area contributed by atoms with Crippen LogP contribution in [0.25, 0.3) is 0 Å². The molecule has 4 nitrogen and oxygen atoms in total. The normalized spacial score (nSPS) is 18.6. The number of sulfonamides is 1. The number of rotatable bonds is 2. The quantitative estimate of drug-likeness (QED) is 0.897. The number of halogens is 1. The van der Waals surface area contributed by atoms with Gasteiger partial charge in [0.15, 0.2) is 0 Å². The van der Waals surface area contributed by atoms with Gasteiger partial charge in [0, 0.05) is 24.1 Å². The van der Waals surface area contributed by atoms with Crippen molar-refractivity contribution in [2.75, 3.05) is 26.2 Å². The highest BCUT2D eigenvalue weighted by Crippen LogP contribution is 2.26. The van der Waals surface area contributed by atoms with Gasteiger partial charge in [-0.15, -0.1) is 0 Å². The van der Waals surface area contributed by atoms with Crippen molar-refractivity contribution in [3.05, 3.63) is 28.2 Å². The Balaban J connectivity index is 2.34. The SMILES string of the molecule is Cc1ccc(S(=O)(=O)N2CCCNCC2)c(Br)c1. The topological polar surface area (TPSA) is 49.4 Å². The molecule has 0 bridgehead atoms. The lowest BCUT2D eigenvalue weighted by molar-refractivity contribution is 0.431. The third-order valence-corrected chi connectivity index (χ3v) is 5.88. The molecule has 1 aromatic rings. The molecule has 2 rings (SSSR count). The molecule has 1 heterocycles. The first-order chi connectivity index (χ1) is 8.51. The van der Waals surface area contributed by atoms with Crippen molar-refractivity contribution in [2.45, 2.75) is 18.2 Å². The van der Waals surface area contributed by atoms with Crippen molar-refractivity contribution >= 4 is 26.0 Å². The van der Waals surface area contributed by atoms with E-state index in [9.17, 15) is 8.42 Å². The Morgan fingerprint density at radius 1 is 1.28 bits per heavy atom. The van der Waals surface area contributed by atoms with Crippen LogP contribution in [0.3, 0.4) is 0 Å². The van der Waals surface area contributed by atoms with E-state index in [2.05, 4.69) is 21.2 Å². The zero-order valence-corrected chi connectivity index (χ0v) is 12.7. The second-order valence-corrected chi connectivity index (χ2v) is 7.20. The van der Waals surface area contributed by atoms with Gasteiger partial charge in [-0.05, 0) is 53.5 Å². The average molecular weight is 333 g/mol. The summed E-state index contributed by atoms with van der Waals surface area (Å²) in [7, 11) is -3.39. The molecule has 0 aliphatic carbocycles. The maximum Gasteiger partial charge on any atom is 0.244 e. The van der Waals surface area contributed by atoms with E-state index in [0.29, 0.717) is 29.0 Å². The maximum absolute atomic E-state index is 12.5. The third kappa shape index (κ3) is 2.93. The molecule has 1 aliphatic rings. The zero-order chi connectivity index (χ0) is 13.2. The van der Waals surface area contributed by atoms with Crippen molar-refractivity contribution < 1.29 is 8.42 Å². The van der Waals surface area contributed by atoms with Gasteiger partial charge in [-0.3, -0.25) is 0 Å². The van der Waals surface area contributed by atoms with Crippen LogP contribution in [0.15, 0.2) is 27.6 Å². The fourth-order valence-corrected chi connectivity index (χ4v) is 4.65. The maximum atomic E-state index is 12.5. The fourth-order valence-electron chi connectivity index (χ4n) is 2.02. The predicted molar refractivity (Wildman–Crippen MR) is 75.1 cm³/mol. The molecular weight excluding hydrogens is 316 g/mol. The first kappa shape index (κ1) is 14.0. The zero-order valence-electron chi connectivity index (χ0n) is 10.3. The number of nitrogens with one attached hydrogen (secondary N) is 1. The highest BCUT2D eigenvalue weighted by molar-refractivity contribution is 9.10. The van der Waals surface area contributed by atoms with E-state index in [1.54, 1.807) is 10.4 Å². The van der Waals surface area contributed by atoms with E-state index in [4.69, 9.17) is 0 Å². The minimum Gasteiger partial charge on any atom is -0.315 e. The van der Waals surface area contributed by atoms with Crippen LogP contribution in [0, 0.1) is 6.92 Å². The summed E-state index contributed by atoms with van der Waals surface area (Å²) in [6.45, 7) is 4.64. The van der Waals surface area contributed by atoms with Crippen LogP contribution < -0.4 is 5.32 Å². The largest absolute Gasteiger partial charge is 0.315 e. The molecular formula is C12H17BrN2O2S. The highest BCUT2D eigenvalue weighted by atomic mass is 79.9. The second-order valence-electron chi connectivity index (χ2n) is 4.44. The molecule has 100 valence electrons. The highest BCUT2D eigenvalue weighted by Gasteiger charge is 2.26. The fraction of sp³-hybridized carbons (Fsp3) is 0.500. The molecule has 0 spiro atoms. The van der Waals surface area contributed by atoms with Crippen LogP contribution in [0.4, 0.5) is 0 Å². The van der Waals surface area contributed by atoms with Crippen molar-refractivity contribution in [3.63, 3.8) is 0 Å². The summed E-state index contributed by atoms with van der Waals surface area (Å²) in [5.74, 6) is 0. The van der Waals surface area contributed by atoms with Crippen LogP contribution in [0.5, 0.6) is 0 Å². The predicted octanol–water partition coefficient (Wildman–Crippen LogP) is 1.74. The average Bonchev–Trinajstić information content (AvgIpc) is 2.57. The molecule has 1 N–H and O–H groups in total. The number of benzene rings is 1. The summed E-state index contributed by atoms with van der Waals surface area (Å²) in [6, 6.07) is 5.34. The Labute approximate surface area is 117 Å². The van der Waals surface area contributed by atoms with Gasteiger partial charge in [-0.2, -0.15) is 4.31 Å². The standard InChI is InChI=1S/C12H17BrN2O2S/c1-10-3-4-12(11(13)9-10)18(16,17)15-7-2-5-14-6-8-15/h3-4,9,14H,2,5-8H2,1H3. The lowest BCUT2D eigenvalue weighted by Crippen LogP contribution is -2.34. The molecule has 0 radical (unpaired) electrons. The van der Waals surface area contributed by atoms with E-state index < -0.39 is 10.0 Å². The Hall–Kier alpha value is -0.430. The van der Waals surface area contributed by atoms with Gasteiger partial charge in [0.2, 0.25) is 10.0 Å². The summed E-state index contributed by atoms with van der Waals surface area (Å²) in [5.41, 5.74) is 1.04. The summed E-state index contributed by atoms with van der Waals surface area (Å²) < 4.78 is 27.3. The van der Waals surface area contributed by atoms with Crippen LogP contribution >= 0.6 is 15.9 Å². The molecule has 0 amide bonds. The Morgan fingerprint density at radius 2 is 2.06 bits per heavy atom. The smallest absolute Gasteiger partial charge is 0.244 e. The molecule has 0 unspecified atom stereocenters. The summed E-state index contributed by atoms with van der Waals surface area (Å²) in [5, 5.41) is 3.21. The van der Waals surface area contributed by atoms with Crippen LogP contribution in [0.2, 0.25) is 0 Å². The third-order valence-electron chi connectivity index (χ3n) is 3.00. The second kappa shape index (κ2) is 5.69. The van der Waals surface area contributed by atoms with E-state index in [1.807, 2.05) is 19.1 Å². The Kier molecular flexibility index (Phi) is 4.42. The molecule has 6 heteroatoms. The van der Waals surface area contributed by atoms with Crippen LogP contribution in [0.1, 0.15) is 12.0 Å². The van der Waals surface area contributed by atoms with Crippen LogP contribution in [-0.4, -0.2) is 38.9 Å². The molecule has 0 saturated carbocycles. The molecule has 0 atom stereocenters. The number of aryl methyl sites for hydroxylation is 1. The van der Waals surface area contributed by atoms with Gasteiger partial charge >= 0.3 is 0 Å². The van der Waals surface area contributed by atoms with Crippen molar-refractivity contribution in [3.8, 4) is 0 Å². The molecule has 1 aromatic carbocycles. The minimum absolute atomic E-state index is 0.356. The van der Waals surface area contributed by atoms with Gasteiger partial charge in [0.05, 0.1) is 4.90 Å². The van der Waals surface area contributed by atoms with Gasteiger partial charge in [-0.25, -0.2) is 8.42 Å². The van der Waals surface area contributed by atoms with Crippen LogP contribution in [-0.2, 0) is 10.0 Å². The number of hydrogen-bond donors (Lipinski definition) is 1. The summed E-state index contributed by atoms with van der Waals surface area (Å²) in [4.78, 5) is 0.356. The Morgan fingerprint density at radius 3 is 2.78 bits per heavy atom. The lowest BCUT2D eigenvalue weighted by atomic mass is 10.2. The molecule has 1 saturated heterocycles. The minimum atomic E-state index is -3.39. The van der Waals surface area contributed by atoms with Gasteiger partial charge < -0.3 is 5.32 Å². The van der Waals surface area contributed by atoms with Gasteiger partial charge in [0.1, 0.15) is 0 Å².